The van der Waals surface area contributed by atoms with E-state index in [0.717, 1.165) is 0 Å². The molecule has 156 valence electrons. The van der Waals surface area contributed by atoms with E-state index in [-0.39, 0.29) is 6.07 Å². The van der Waals surface area contributed by atoms with E-state index < -0.39 is 74.6 Å². The molecule has 1 aromatic rings. The number of hydrazine groups is 1. The zero-order chi connectivity index (χ0) is 22.8. The summed E-state index contributed by atoms with van der Waals surface area (Å²) in [4.78, 5) is 59.4. The normalized spacial score (nSPS) is 10.8. The van der Waals surface area contributed by atoms with Gasteiger partial charge in [-0.05, 0) is 0 Å². The molecular formula is C9H6ClN7O12. The summed E-state index contributed by atoms with van der Waals surface area (Å²) in [6.07, 6.45) is 0. The zero-order valence-electron chi connectivity index (χ0n) is 13.7. The summed E-state index contributed by atoms with van der Waals surface area (Å²) >= 11 is 5.50. The molecule has 0 amide bonds. The maximum Gasteiger partial charge on any atom is 0.478 e. The van der Waals surface area contributed by atoms with Crippen molar-refractivity contribution in [2.75, 3.05) is 11.6 Å². The van der Waals surface area contributed by atoms with Crippen molar-refractivity contribution in [2.24, 2.45) is 0 Å². The molecule has 0 N–H and O–H groups in total. The van der Waals surface area contributed by atoms with E-state index in [0.29, 0.717) is 6.92 Å². The second kappa shape index (κ2) is 7.75. The van der Waals surface area contributed by atoms with Crippen LogP contribution in [0.3, 0.4) is 0 Å². The summed E-state index contributed by atoms with van der Waals surface area (Å²) in [5.41, 5.74) is -9.63. The second-order valence-corrected chi connectivity index (χ2v) is 5.60. The molecular weight excluding hydrogens is 434 g/mol. The van der Waals surface area contributed by atoms with Crippen molar-refractivity contribution >= 4 is 34.4 Å². The molecule has 0 fully saturated rings. The van der Waals surface area contributed by atoms with Crippen LogP contribution in [0.1, 0.15) is 6.92 Å². The first kappa shape index (κ1) is 22.8. The van der Waals surface area contributed by atoms with Crippen LogP contribution in [0.2, 0.25) is 5.02 Å². The Morgan fingerprint density at radius 2 is 1.31 bits per heavy atom. The Morgan fingerprint density at radius 1 is 0.862 bits per heavy atom. The van der Waals surface area contributed by atoms with Crippen LogP contribution in [0.25, 0.3) is 0 Å². The first-order chi connectivity index (χ1) is 13.2. The Kier molecular flexibility index (Phi) is 6.08. The lowest BCUT2D eigenvalue weighted by atomic mass is 10.1. The highest BCUT2D eigenvalue weighted by molar-refractivity contribution is 6.35. The molecule has 1 aromatic carbocycles. The quantitative estimate of drug-likeness (QED) is 0.298. The van der Waals surface area contributed by atoms with Gasteiger partial charge in [-0.25, -0.2) is 10.1 Å². The summed E-state index contributed by atoms with van der Waals surface area (Å²) < 4.78 is 0. The minimum absolute atomic E-state index is 0.0524. The van der Waals surface area contributed by atoms with Crippen LogP contribution in [0, 0.1) is 60.7 Å². The molecule has 0 unspecified atom stereocenters. The fourth-order valence-corrected chi connectivity index (χ4v) is 2.27. The minimum atomic E-state index is -3.34. The molecule has 0 saturated heterocycles. The Morgan fingerprint density at radius 3 is 1.62 bits per heavy atom. The van der Waals surface area contributed by atoms with E-state index in [2.05, 4.69) is 0 Å². The van der Waals surface area contributed by atoms with Gasteiger partial charge in [0, 0.05) is 0 Å². The third kappa shape index (κ3) is 4.02. The monoisotopic (exact) mass is 439 g/mol. The van der Waals surface area contributed by atoms with Gasteiger partial charge in [-0.1, -0.05) is 16.6 Å². The number of rotatable bonds is 9. The average molecular weight is 440 g/mol. The Balaban J connectivity index is 4.03. The molecule has 0 aliphatic heterocycles. The number of benzene rings is 1. The smallest absolute Gasteiger partial charge is 0.258 e. The highest BCUT2D eigenvalue weighted by atomic mass is 35.5. The van der Waals surface area contributed by atoms with Gasteiger partial charge in [0.2, 0.25) is 6.54 Å². The van der Waals surface area contributed by atoms with Gasteiger partial charge in [0.25, 0.3) is 5.69 Å². The molecule has 0 aliphatic rings. The largest absolute Gasteiger partial charge is 0.478 e. The van der Waals surface area contributed by atoms with Crippen molar-refractivity contribution in [3.05, 3.63) is 71.8 Å². The molecule has 0 bridgehead atoms. The Labute approximate surface area is 160 Å². The topological polar surface area (TPSA) is 262 Å². The van der Waals surface area contributed by atoms with E-state index >= 15 is 0 Å². The van der Waals surface area contributed by atoms with Crippen molar-refractivity contribution in [1.29, 1.82) is 0 Å². The maximum absolute atomic E-state index is 11.4. The summed E-state index contributed by atoms with van der Waals surface area (Å²) in [5, 5.41) is 63.3. The first-order valence-corrected chi connectivity index (χ1v) is 7.05. The van der Waals surface area contributed by atoms with Crippen LogP contribution in [0.4, 0.5) is 22.7 Å². The second-order valence-electron chi connectivity index (χ2n) is 5.22. The molecule has 0 spiro atoms. The predicted molar refractivity (Wildman–Crippen MR) is 88.1 cm³/mol. The van der Waals surface area contributed by atoms with Gasteiger partial charge in [-0.3, -0.25) is 50.6 Å². The van der Waals surface area contributed by atoms with Crippen LogP contribution >= 0.6 is 11.6 Å². The van der Waals surface area contributed by atoms with Crippen molar-refractivity contribution in [3.8, 4) is 0 Å². The van der Waals surface area contributed by atoms with E-state index in [1.807, 2.05) is 0 Å². The summed E-state index contributed by atoms with van der Waals surface area (Å²) in [5.74, 6) is 0. The fourth-order valence-electron chi connectivity index (χ4n) is 1.99. The Bertz CT molecular complexity index is 950. The summed E-state index contributed by atoms with van der Waals surface area (Å²) in [6.45, 7) is -1.51. The molecule has 0 aromatic heterocycles. The number of nitro benzene ring substituents is 3. The van der Waals surface area contributed by atoms with E-state index in [1.165, 1.54) is 0 Å². The number of nitrogens with zero attached hydrogens (tertiary/aromatic N) is 7. The van der Waals surface area contributed by atoms with Gasteiger partial charge in [-0.2, -0.15) is 0 Å². The highest BCUT2D eigenvalue weighted by Gasteiger charge is 2.57. The van der Waals surface area contributed by atoms with Crippen LogP contribution in [-0.4, -0.2) is 41.9 Å². The van der Waals surface area contributed by atoms with E-state index in [9.17, 15) is 60.7 Å². The van der Waals surface area contributed by atoms with Crippen LogP contribution in [0.5, 0.6) is 0 Å². The van der Waals surface area contributed by atoms with Crippen molar-refractivity contribution < 1.29 is 29.6 Å². The first-order valence-electron chi connectivity index (χ1n) is 6.67. The van der Waals surface area contributed by atoms with Crippen molar-refractivity contribution in [3.63, 3.8) is 0 Å². The summed E-state index contributed by atoms with van der Waals surface area (Å²) in [6, 6.07) is 0.0524. The standard InChI is InChI=1S/C9H6ClN7O12/c1-9(15(24)25,16(26)27)3-11(17(28)29)7-5(13(20)21)2-4(12(18)19)6(10)8(7)14(22)23/h2H,3H2,1H3. The number of halogens is 1. The number of hydrogen-bond donors (Lipinski definition) is 0. The predicted octanol–water partition coefficient (Wildman–Crippen LogP) is 1.33. The molecule has 19 nitrogen and oxygen atoms in total. The molecule has 20 heteroatoms. The van der Waals surface area contributed by atoms with Crippen LogP contribution in [-0.2, 0) is 0 Å². The average Bonchev–Trinajstić information content (AvgIpc) is 2.57. The fraction of sp³-hybridized carbons (Fsp3) is 0.333. The summed E-state index contributed by atoms with van der Waals surface area (Å²) in [7, 11) is 0. The number of anilines is 1. The van der Waals surface area contributed by atoms with E-state index in [1.54, 1.807) is 0 Å². The molecule has 0 aliphatic carbocycles. The van der Waals surface area contributed by atoms with Gasteiger partial charge < -0.3 is 0 Å². The molecule has 0 atom stereocenters. The Hall–Kier alpha value is -4.29. The molecule has 0 saturated carbocycles. The maximum atomic E-state index is 11.4. The van der Waals surface area contributed by atoms with Gasteiger partial charge in [0.05, 0.1) is 27.8 Å². The van der Waals surface area contributed by atoms with Gasteiger partial charge in [0.1, 0.15) is 9.85 Å². The van der Waals surface area contributed by atoms with Crippen molar-refractivity contribution in [1.82, 2.24) is 0 Å². The third-order valence-corrected chi connectivity index (χ3v) is 3.81. The lowest BCUT2D eigenvalue weighted by Gasteiger charge is -2.18. The third-order valence-electron chi connectivity index (χ3n) is 3.44. The zero-order valence-corrected chi connectivity index (χ0v) is 14.4. The number of hydrogen-bond acceptors (Lipinski definition) is 12. The molecule has 0 radical (unpaired) electrons. The molecule has 29 heavy (non-hydrogen) atoms. The van der Waals surface area contributed by atoms with Gasteiger partial charge in [0.15, 0.2) is 10.1 Å². The molecule has 1 rings (SSSR count). The molecule has 0 heterocycles. The highest BCUT2D eigenvalue weighted by Crippen LogP contribution is 2.47. The van der Waals surface area contributed by atoms with Gasteiger partial charge in [-0.15, -0.1) is 0 Å². The van der Waals surface area contributed by atoms with Crippen LogP contribution in [0.15, 0.2) is 6.07 Å². The SMILES string of the molecule is CC(CN(c1c([N+](=O)[O-])cc([N+](=O)[O-])c(Cl)c1[N+](=O)[O-])[N+](=O)[O-])([N+](=O)[O-])[N+](=O)[O-]. The van der Waals surface area contributed by atoms with Crippen LogP contribution < -0.4 is 5.01 Å². The van der Waals surface area contributed by atoms with Crippen molar-refractivity contribution in [2.45, 2.75) is 12.6 Å². The van der Waals surface area contributed by atoms with E-state index in [4.69, 9.17) is 11.6 Å². The number of nitro groups is 6. The lowest BCUT2D eigenvalue weighted by molar-refractivity contribution is -0.791. The lowest BCUT2D eigenvalue weighted by Crippen LogP contribution is -2.54. The minimum Gasteiger partial charge on any atom is -0.258 e. The van der Waals surface area contributed by atoms with Gasteiger partial charge >= 0.3 is 22.7 Å².